The maximum absolute atomic E-state index is 11.6. The largest absolute Gasteiger partial charge is 0.507 e. The van der Waals surface area contributed by atoms with E-state index < -0.39 is 0 Å². The van der Waals surface area contributed by atoms with Gasteiger partial charge in [-0.05, 0) is 90.9 Å². The Hall–Kier alpha value is -2.29. The number of phenols is 1. The molecule has 30 heavy (non-hydrogen) atoms. The summed E-state index contributed by atoms with van der Waals surface area (Å²) in [7, 11) is 0. The predicted molar refractivity (Wildman–Crippen MR) is 120 cm³/mol. The van der Waals surface area contributed by atoms with Gasteiger partial charge in [0, 0.05) is 5.56 Å². The van der Waals surface area contributed by atoms with E-state index in [0.29, 0.717) is 11.6 Å². The molecule has 1 heterocycles. The monoisotopic (exact) mass is 401 g/mol. The molecule has 2 aromatic carbocycles. The molecule has 1 aromatic heterocycles. The summed E-state index contributed by atoms with van der Waals surface area (Å²) in [6.45, 7) is 6.75. The highest BCUT2D eigenvalue weighted by atomic mass is 16.3. The van der Waals surface area contributed by atoms with Crippen LogP contribution in [0.1, 0.15) is 70.4 Å². The third-order valence-corrected chi connectivity index (χ3v) is 8.11. The number of aromatic nitrogens is 1. The topological polar surface area (TPSA) is 46.3 Å². The minimum absolute atomic E-state index is 0.00842. The number of oxazole rings is 1. The Morgan fingerprint density at radius 2 is 1.60 bits per heavy atom. The molecule has 3 heteroatoms. The van der Waals surface area contributed by atoms with E-state index in [1.807, 2.05) is 24.3 Å². The van der Waals surface area contributed by atoms with Crippen molar-refractivity contribution in [1.29, 1.82) is 0 Å². The normalized spacial score (nSPS) is 30.3. The van der Waals surface area contributed by atoms with Crippen LogP contribution in [0.25, 0.3) is 22.6 Å². The van der Waals surface area contributed by atoms with Crippen molar-refractivity contribution in [1.82, 2.24) is 4.98 Å². The first-order valence-corrected chi connectivity index (χ1v) is 11.5. The first-order valence-electron chi connectivity index (χ1n) is 11.5. The molecule has 3 aromatic rings. The molecule has 0 amide bonds. The lowest BCUT2D eigenvalue weighted by atomic mass is 9.47. The molecule has 3 nitrogen and oxygen atoms in total. The Balaban J connectivity index is 1.56. The van der Waals surface area contributed by atoms with E-state index in [1.165, 1.54) is 44.1 Å². The van der Waals surface area contributed by atoms with Crippen LogP contribution in [-0.2, 0) is 10.8 Å². The Bertz CT molecular complexity index is 1070. The molecule has 7 rings (SSSR count). The summed E-state index contributed by atoms with van der Waals surface area (Å²) in [5, 5.41) is 11.6. The summed E-state index contributed by atoms with van der Waals surface area (Å²) < 4.78 is 6.11. The zero-order valence-corrected chi connectivity index (χ0v) is 18.2. The molecule has 0 aliphatic heterocycles. The number of nitrogens with zero attached hydrogens (tertiary/aromatic N) is 1. The molecule has 0 unspecified atom stereocenters. The fraction of sp³-hybridized carbons (Fsp3) is 0.519. The van der Waals surface area contributed by atoms with Gasteiger partial charge in [-0.3, -0.25) is 0 Å². The average Bonchev–Trinajstić information content (AvgIpc) is 3.10. The van der Waals surface area contributed by atoms with Crippen molar-refractivity contribution >= 4 is 11.1 Å². The molecule has 4 saturated carbocycles. The fourth-order valence-corrected chi connectivity index (χ4v) is 7.06. The molecule has 4 fully saturated rings. The van der Waals surface area contributed by atoms with Crippen LogP contribution >= 0.6 is 0 Å². The molecular formula is C27H31NO2. The van der Waals surface area contributed by atoms with Crippen LogP contribution in [0.4, 0.5) is 0 Å². The van der Waals surface area contributed by atoms with Crippen LogP contribution < -0.4 is 0 Å². The molecule has 4 bridgehead atoms. The van der Waals surface area contributed by atoms with Gasteiger partial charge in [0.2, 0.25) is 5.89 Å². The first-order chi connectivity index (χ1) is 14.3. The minimum atomic E-state index is -0.00842. The van der Waals surface area contributed by atoms with E-state index >= 15 is 0 Å². The summed E-state index contributed by atoms with van der Waals surface area (Å²) in [6.07, 6.45) is 7.89. The molecule has 0 radical (unpaired) electrons. The van der Waals surface area contributed by atoms with Crippen LogP contribution in [0.5, 0.6) is 5.75 Å². The summed E-state index contributed by atoms with van der Waals surface area (Å²) >= 11 is 0. The number of phenolic OH excluding ortho intramolecular Hbond substituents is 1. The maximum atomic E-state index is 11.6. The Morgan fingerprint density at radius 1 is 0.967 bits per heavy atom. The van der Waals surface area contributed by atoms with Crippen LogP contribution in [0.3, 0.4) is 0 Å². The van der Waals surface area contributed by atoms with Crippen molar-refractivity contribution in [2.75, 3.05) is 0 Å². The van der Waals surface area contributed by atoms with Crippen molar-refractivity contribution in [3.05, 3.63) is 47.5 Å². The maximum Gasteiger partial charge on any atom is 0.231 e. The second-order valence-corrected chi connectivity index (χ2v) is 11.4. The number of benzene rings is 2. The Kier molecular flexibility index (Phi) is 3.77. The van der Waals surface area contributed by atoms with Crippen LogP contribution in [0.2, 0.25) is 0 Å². The first kappa shape index (κ1) is 18.5. The molecule has 156 valence electrons. The van der Waals surface area contributed by atoms with Crippen LogP contribution in [0.15, 0.2) is 40.8 Å². The van der Waals surface area contributed by atoms with Gasteiger partial charge in [-0.25, -0.2) is 4.98 Å². The summed E-state index contributed by atoms with van der Waals surface area (Å²) in [5.74, 6) is 3.44. The number of hydrogen-bond donors (Lipinski definition) is 1. The summed E-state index contributed by atoms with van der Waals surface area (Å²) in [4.78, 5) is 4.73. The average molecular weight is 402 g/mol. The van der Waals surface area contributed by atoms with Crippen molar-refractivity contribution in [3.63, 3.8) is 0 Å². The highest BCUT2D eigenvalue weighted by molar-refractivity contribution is 5.78. The smallest absolute Gasteiger partial charge is 0.231 e. The highest BCUT2D eigenvalue weighted by Gasteiger charge is 2.52. The third kappa shape index (κ3) is 2.74. The highest BCUT2D eigenvalue weighted by Crippen LogP contribution is 2.62. The number of para-hydroxylation sites is 2. The van der Waals surface area contributed by atoms with Crippen molar-refractivity contribution in [2.24, 2.45) is 17.8 Å². The lowest BCUT2D eigenvalue weighted by molar-refractivity contribution is -0.00616. The van der Waals surface area contributed by atoms with Gasteiger partial charge in [0.1, 0.15) is 11.3 Å². The van der Waals surface area contributed by atoms with Gasteiger partial charge in [0.25, 0.3) is 0 Å². The zero-order chi connectivity index (χ0) is 20.7. The Labute approximate surface area is 178 Å². The second-order valence-electron chi connectivity index (χ2n) is 11.4. The van der Waals surface area contributed by atoms with Gasteiger partial charge in [-0.1, -0.05) is 39.0 Å². The number of rotatable bonds is 2. The van der Waals surface area contributed by atoms with Crippen molar-refractivity contribution < 1.29 is 9.52 Å². The third-order valence-electron chi connectivity index (χ3n) is 8.11. The molecule has 0 saturated heterocycles. The number of aromatic hydroxyl groups is 1. The second kappa shape index (κ2) is 6.12. The quantitative estimate of drug-likeness (QED) is 0.504. The SMILES string of the molecule is CC(C)(C)c1cc(-c2nc3ccccc3o2)c(O)c(C23CC4CC(CC(C4)C2)C3)c1. The van der Waals surface area contributed by atoms with E-state index in [1.54, 1.807) is 0 Å². The van der Waals surface area contributed by atoms with Gasteiger partial charge in [0.05, 0.1) is 5.56 Å². The molecule has 1 N–H and O–H groups in total. The van der Waals surface area contributed by atoms with Gasteiger partial charge in [-0.15, -0.1) is 0 Å². The minimum Gasteiger partial charge on any atom is -0.507 e. The van der Waals surface area contributed by atoms with Gasteiger partial charge >= 0.3 is 0 Å². The molecular weight excluding hydrogens is 370 g/mol. The van der Waals surface area contributed by atoms with E-state index in [0.717, 1.165) is 40.0 Å². The van der Waals surface area contributed by atoms with Crippen LogP contribution in [-0.4, -0.2) is 10.1 Å². The van der Waals surface area contributed by atoms with E-state index in [-0.39, 0.29) is 10.8 Å². The van der Waals surface area contributed by atoms with Crippen molar-refractivity contribution in [3.8, 4) is 17.2 Å². The van der Waals surface area contributed by atoms with E-state index in [4.69, 9.17) is 9.40 Å². The molecule has 0 atom stereocenters. The molecule has 0 spiro atoms. The zero-order valence-electron chi connectivity index (χ0n) is 18.2. The van der Waals surface area contributed by atoms with Gasteiger partial charge < -0.3 is 9.52 Å². The summed E-state index contributed by atoms with van der Waals surface area (Å²) in [5.41, 5.74) is 4.89. The van der Waals surface area contributed by atoms with Gasteiger partial charge in [-0.2, -0.15) is 0 Å². The number of fused-ring (bicyclic) bond motifs is 1. The number of hydrogen-bond acceptors (Lipinski definition) is 3. The summed E-state index contributed by atoms with van der Waals surface area (Å²) in [6, 6.07) is 12.3. The Morgan fingerprint density at radius 3 is 2.20 bits per heavy atom. The van der Waals surface area contributed by atoms with Crippen LogP contribution in [0, 0.1) is 17.8 Å². The lowest BCUT2D eigenvalue weighted by Crippen LogP contribution is -2.48. The lowest BCUT2D eigenvalue weighted by Gasteiger charge is -2.57. The van der Waals surface area contributed by atoms with Crippen molar-refractivity contribution in [2.45, 2.75) is 70.1 Å². The molecule has 4 aliphatic rings. The van der Waals surface area contributed by atoms with Gasteiger partial charge in [0.15, 0.2) is 5.58 Å². The predicted octanol–water partition coefficient (Wildman–Crippen LogP) is 6.97. The standard InChI is InChI=1S/C27H31NO2/c1-26(2,3)19-11-20(25-28-22-6-4-5-7-23(22)30-25)24(29)21(12-19)27-13-16-8-17(14-27)10-18(9-16)15-27/h4-7,11-12,16-18,29H,8-10,13-15H2,1-3H3. The van der Waals surface area contributed by atoms with E-state index in [9.17, 15) is 5.11 Å². The van der Waals surface area contributed by atoms with E-state index in [2.05, 4.69) is 32.9 Å². The molecule has 4 aliphatic carbocycles. The fourth-order valence-electron chi connectivity index (χ4n) is 7.06.